The number of carbonyl (C=O) groups excluding carboxylic acids is 1. The second-order valence-electron chi connectivity index (χ2n) is 5.78. The molecule has 2 aromatic rings. The number of pyridine rings is 1. The second-order valence-corrected chi connectivity index (χ2v) is 5.78. The van der Waals surface area contributed by atoms with Gasteiger partial charge in [0, 0.05) is 27.2 Å². The minimum Gasteiger partial charge on any atom is -0.356 e. The van der Waals surface area contributed by atoms with Crippen molar-refractivity contribution in [2.24, 2.45) is 0 Å². The molecule has 0 aliphatic carbocycles. The molecule has 0 bridgehead atoms. The number of H-pyrrole nitrogens is 1. The van der Waals surface area contributed by atoms with Gasteiger partial charge in [0.05, 0.1) is 10.9 Å². The zero-order valence-corrected chi connectivity index (χ0v) is 13.0. The van der Waals surface area contributed by atoms with Gasteiger partial charge in [0.1, 0.15) is 11.6 Å². The van der Waals surface area contributed by atoms with E-state index in [1.165, 1.54) is 4.90 Å². The summed E-state index contributed by atoms with van der Waals surface area (Å²) in [5.41, 5.74) is 0.574. The summed E-state index contributed by atoms with van der Waals surface area (Å²) in [6.45, 7) is 3.46. The molecule has 1 N–H and O–H groups in total. The molecule has 0 radical (unpaired) electrons. The van der Waals surface area contributed by atoms with Crippen LogP contribution in [0.3, 0.4) is 0 Å². The molecule has 116 valence electrons. The zero-order chi connectivity index (χ0) is 15.9. The van der Waals surface area contributed by atoms with Crippen LogP contribution in [0.15, 0.2) is 10.9 Å². The highest BCUT2D eigenvalue weighted by atomic mass is 16.2. The maximum absolute atomic E-state index is 12.5. The van der Waals surface area contributed by atoms with Gasteiger partial charge < -0.3 is 14.8 Å². The number of rotatable bonds is 2. The highest BCUT2D eigenvalue weighted by Crippen LogP contribution is 2.25. The fourth-order valence-corrected chi connectivity index (χ4v) is 2.73. The van der Waals surface area contributed by atoms with Crippen molar-refractivity contribution in [1.82, 2.24) is 19.9 Å². The molecule has 22 heavy (non-hydrogen) atoms. The van der Waals surface area contributed by atoms with Gasteiger partial charge >= 0.3 is 0 Å². The standard InChI is InChI=1S/C15H19N5O2/c1-9-16-12-10(14(21)17-9)8-11(15(22)19(2)3)13(18-12)20-6-4-5-7-20/h8H,4-7H2,1-3H3,(H,16,17,18,21). The lowest BCUT2D eigenvalue weighted by atomic mass is 10.1. The highest BCUT2D eigenvalue weighted by molar-refractivity contribution is 6.01. The maximum Gasteiger partial charge on any atom is 0.260 e. The Labute approximate surface area is 128 Å². The summed E-state index contributed by atoms with van der Waals surface area (Å²) in [5, 5.41) is 0.346. The van der Waals surface area contributed by atoms with E-state index in [-0.39, 0.29) is 11.5 Å². The molecule has 2 aromatic heterocycles. The lowest BCUT2D eigenvalue weighted by Crippen LogP contribution is -2.28. The number of hydrogen-bond donors (Lipinski definition) is 1. The molecule has 0 unspecified atom stereocenters. The van der Waals surface area contributed by atoms with Crippen LogP contribution in [0.25, 0.3) is 11.0 Å². The summed E-state index contributed by atoms with van der Waals surface area (Å²) in [6.07, 6.45) is 2.16. The molecule has 1 aliphatic rings. The molecule has 0 atom stereocenters. The summed E-state index contributed by atoms with van der Waals surface area (Å²) in [5.74, 6) is 0.988. The number of nitrogens with one attached hydrogen (secondary N) is 1. The predicted octanol–water partition coefficient (Wildman–Crippen LogP) is 0.929. The van der Waals surface area contributed by atoms with E-state index < -0.39 is 0 Å². The smallest absolute Gasteiger partial charge is 0.260 e. The average molecular weight is 301 g/mol. The lowest BCUT2D eigenvalue weighted by Gasteiger charge is -2.21. The Bertz CT molecular complexity index is 790. The van der Waals surface area contributed by atoms with Gasteiger partial charge in [-0.2, -0.15) is 0 Å². The first-order valence-corrected chi connectivity index (χ1v) is 7.35. The first-order chi connectivity index (χ1) is 10.5. The Morgan fingerprint density at radius 2 is 1.95 bits per heavy atom. The summed E-state index contributed by atoms with van der Waals surface area (Å²) >= 11 is 0. The Hall–Kier alpha value is -2.44. The normalized spacial score (nSPS) is 14.6. The van der Waals surface area contributed by atoms with Crippen LogP contribution in [0.5, 0.6) is 0 Å². The summed E-state index contributed by atoms with van der Waals surface area (Å²) in [6, 6.07) is 1.61. The van der Waals surface area contributed by atoms with Crippen molar-refractivity contribution in [3.8, 4) is 0 Å². The number of hydrogen-bond acceptors (Lipinski definition) is 5. The maximum atomic E-state index is 12.5. The minimum absolute atomic E-state index is 0.156. The molecule has 0 saturated carbocycles. The van der Waals surface area contributed by atoms with Gasteiger partial charge in [-0.05, 0) is 25.8 Å². The Morgan fingerprint density at radius 1 is 1.27 bits per heavy atom. The quantitative estimate of drug-likeness (QED) is 0.892. The molecule has 1 aliphatic heterocycles. The molecule has 7 nitrogen and oxygen atoms in total. The summed E-state index contributed by atoms with van der Waals surface area (Å²) < 4.78 is 0. The van der Waals surface area contributed by atoms with Crippen molar-refractivity contribution >= 4 is 22.8 Å². The Balaban J connectivity index is 2.27. The van der Waals surface area contributed by atoms with Gasteiger partial charge in [-0.1, -0.05) is 0 Å². The highest BCUT2D eigenvalue weighted by Gasteiger charge is 2.24. The van der Waals surface area contributed by atoms with E-state index in [9.17, 15) is 9.59 Å². The van der Waals surface area contributed by atoms with E-state index in [0.717, 1.165) is 25.9 Å². The van der Waals surface area contributed by atoms with Crippen molar-refractivity contribution in [1.29, 1.82) is 0 Å². The van der Waals surface area contributed by atoms with Crippen LogP contribution in [0.4, 0.5) is 5.82 Å². The predicted molar refractivity (Wildman–Crippen MR) is 84.4 cm³/mol. The van der Waals surface area contributed by atoms with Crippen LogP contribution in [0, 0.1) is 6.92 Å². The second kappa shape index (κ2) is 5.40. The van der Waals surface area contributed by atoms with Crippen LogP contribution in [0.2, 0.25) is 0 Å². The third-order valence-corrected chi connectivity index (χ3v) is 3.84. The van der Waals surface area contributed by atoms with Crippen molar-refractivity contribution in [2.75, 3.05) is 32.1 Å². The number of nitrogens with zero attached hydrogens (tertiary/aromatic N) is 4. The van der Waals surface area contributed by atoms with E-state index in [1.807, 2.05) is 0 Å². The largest absolute Gasteiger partial charge is 0.356 e. The van der Waals surface area contributed by atoms with Crippen molar-refractivity contribution in [3.63, 3.8) is 0 Å². The molecule has 1 amide bonds. The van der Waals surface area contributed by atoms with Crippen molar-refractivity contribution < 1.29 is 4.79 Å². The van der Waals surface area contributed by atoms with Crippen LogP contribution in [-0.2, 0) is 0 Å². The third kappa shape index (κ3) is 2.43. The van der Waals surface area contributed by atoms with E-state index in [2.05, 4.69) is 19.9 Å². The fourth-order valence-electron chi connectivity index (χ4n) is 2.73. The lowest BCUT2D eigenvalue weighted by molar-refractivity contribution is 0.0828. The van der Waals surface area contributed by atoms with E-state index in [0.29, 0.717) is 28.2 Å². The topological polar surface area (TPSA) is 82.2 Å². The number of aromatic nitrogens is 3. The van der Waals surface area contributed by atoms with Crippen molar-refractivity contribution in [2.45, 2.75) is 19.8 Å². The van der Waals surface area contributed by atoms with Gasteiger partial charge in [0.15, 0.2) is 5.65 Å². The van der Waals surface area contributed by atoms with E-state index in [1.54, 1.807) is 27.1 Å². The molecular formula is C15H19N5O2. The van der Waals surface area contributed by atoms with E-state index in [4.69, 9.17) is 0 Å². The molecule has 3 heterocycles. The first-order valence-electron chi connectivity index (χ1n) is 7.35. The van der Waals surface area contributed by atoms with Crippen molar-refractivity contribution in [3.05, 3.63) is 27.8 Å². The van der Waals surface area contributed by atoms with Crippen LogP contribution >= 0.6 is 0 Å². The number of fused-ring (bicyclic) bond motifs is 1. The average Bonchev–Trinajstić information content (AvgIpc) is 2.99. The van der Waals surface area contributed by atoms with Gasteiger partial charge in [-0.15, -0.1) is 0 Å². The number of aryl methyl sites for hydroxylation is 1. The Kier molecular flexibility index (Phi) is 3.56. The van der Waals surface area contributed by atoms with E-state index >= 15 is 0 Å². The molecule has 7 heteroatoms. The van der Waals surface area contributed by atoms with Gasteiger partial charge in [0.25, 0.3) is 11.5 Å². The summed E-state index contributed by atoms with van der Waals surface area (Å²) in [4.78, 5) is 39.6. The van der Waals surface area contributed by atoms with Gasteiger partial charge in [-0.3, -0.25) is 9.59 Å². The van der Waals surface area contributed by atoms with Gasteiger partial charge in [-0.25, -0.2) is 9.97 Å². The molecule has 0 spiro atoms. The molecule has 1 saturated heterocycles. The number of aromatic amines is 1. The van der Waals surface area contributed by atoms with Crippen LogP contribution < -0.4 is 10.5 Å². The molecule has 3 rings (SSSR count). The Morgan fingerprint density at radius 3 is 2.59 bits per heavy atom. The fraction of sp³-hybridized carbons (Fsp3) is 0.467. The number of amides is 1. The minimum atomic E-state index is -0.268. The molecule has 1 fully saturated rings. The third-order valence-electron chi connectivity index (χ3n) is 3.84. The van der Waals surface area contributed by atoms with Crippen LogP contribution in [0.1, 0.15) is 29.0 Å². The van der Waals surface area contributed by atoms with Crippen LogP contribution in [-0.4, -0.2) is 52.9 Å². The molecule has 0 aromatic carbocycles. The number of anilines is 1. The number of carbonyl (C=O) groups is 1. The first kappa shape index (κ1) is 14.5. The summed E-state index contributed by atoms with van der Waals surface area (Å²) in [7, 11) is 3.38. The SMILES string of the molecule is Cc1nc2nc(N3CCCC3)c(C(=O)N(C)C)cc2c(=O)[nH]1. The zero-order valence-electron chi connectivity index (χ0n) is 13.0. The molecular weight excluding hydrogens is 282 g/mol. The monoisotopic (exact) mass is 301 g/mol. The van der Waals surface area contributed by atoms with Gasteiger partial charge in [0.2, 0.25) is 0 Å².